The highest BCUT2D eigenvalue weighted by molar-refractivity contribution is 9.10. The molecule has 1 aliphatic rings. The zero-order valence-corrected chi connectivity index (χ0v) is 14.4. The number of aromatic amines is 1. The van der Waals surface area contributed by atoms with E-state index >= 15 is 0 Å². The number of fused-ring (bicyclic) bond motifs is 1. The van der Waals surface area contributed by atoms with Crippen LogP contribution in [0.2, 0.25) is 0 Å². The minimum Gasteiger partial charge on any atom is -0.363 e. The lowest BCUT2D eigenvalue weighted by atomic mass is 10.1. The van der Waals surface area contributed by atoms with E-state index in [0.29, 0.717) is 6.04 Å². The van der Waals surface area contributed by atoms with Gasteiger partial charge < -0.3 is 4.90 Å². The molecule has 22 heavy (non-hydrogen) atoms. The fourth-order valence-corrected chi connectivity index (χ4v) is 4.33. The second-order valence-electron chi connectivity index (χ2n) is 5.48. The average Bonchev–Trinajstić information content (AvgIpc) is 3.03. The predicted octanol–water partition coefficient (Wildman–Crippen LogP) is 4.62. The van der Waals surface area contributed by atoms with E-state index in [1.54, 1.807) is 0 Å². The van der Waals surface area contributed by atoms with E-state index in [0.717, 1.165) is 27.7 Å². The molecule has 0 amide bonds. The van der Waals surface area contributed by atoms with E-state index < -0.39 is 0 Å². The number of rotatable bonds is 2. The molecule has 1 aliphatic heterocycles. The number of nitrogens with one attached hydrogen (secondary N) is 1. The van der Waals surface area contributed by atoms with Gasteiger partial charge in [-0.05, 0) is 35.9 Å². The van der Waals surface area contributed by atoms with Crippen LogP contribution in [0, 0.1) is 0 Å². The van der Waals surface area contributed by atoms with Crippen molar-refractivity contribution >= 4 is 44.3 Å². The van der Waals surface area contributed by atoms with Gasteiger partial charge in [0.1, 0.15) is 0 Å². The van der Waals surface area contributed by atoms with Crippen molar-refractivity contribution in [2.45, 2.75) is 6.04 Å². The molecule has 0 aliphatic carbocycles. The highest BCUT2D eigenvalue weighted by Crippen LogP contribution is 2.35. The van der Waals surface area contributed by atoms with Crippen LogP contribution in [0.1, 0.15) is 11.6 Å². The Morgan fingerprint density at radius 3 is 2.91 bits per heavy atom. The minimum atomic E-state index is 0.423. The second kappa shape index (κ2) is 5.97. The van der Waals surface area contributed by atoms with E-state index in [1.807, 2.05) is 18.0 Å². The van der Waals surface area contributed by atoms with Crippen LogP contribution in [0.25, 0.3) is 10.9 Å². The SMILES string of the molecule is Brc1ccc(C2CSCCN2c2ccc3cn[nH]c3c2)cc1. The molecule has 1 aromatic heterocycles. The van der Waals surface area contributed by atoms with Gasteiger partial charge >= 0.3 is 0 Å². The van der Waals surface area contributed by atoms with Crippen molar-refractivity contribution in [1.82, 2.24) is 10.2 Å². The van der Waals surface area contributed by atoms with Crippen LogP contribution >= 0.6 is 27.7 Å². The molecule has 1 N–H and O–H groups in total. The van der Waals surface area contributed by atoms with Crippen molar-refractivity contribution in [3.8, 4) is 0 Å². The van der Waals surface area contributed by atoms with E-state index in [2.05, 4.69) is 73.5 Å². The monoisotopic (exact) mass is 373 g/mol. The first-order valence-corrected chi connectivity index (χ1v) is 9.29. The minimum absolute atomic E-state index is 0.423. The first-order chi connectivity index (χ1) is 10.8. The highest BCUT2D eigenvalue weighted by atomic mass is 79.9. The summed E-state index contributed by atoms with van der Waals surface area (Å²) in [6.07, 6.45) is 1.87. The van der Waals surface area contributed by atoms with Gasteiger partial charge in [-0.3, -0.25) is 5.10 Å². The zero-order valence-electron chi connectivity index (χ0n) is 12.0. The number of aromatic nitrogens is 2. The van der Waals surface area contributed by atoms with Gasteiger partial charge in [-0.2, -0.15) is 16.9 Å². The molecular formula is C17H16BrN3S. The van der Waals surface area contributed by atoms with Crippen LogP contribution in [-0.2, 0) is 0 Å². The lowest BCUT2D eigenvalue weighted by Crippen LogP contribution is -2.36. The average molecular weight is 374 g/mol. The molecule has 2 heterocycles. The topological polar surface area (TPSA) is 31.9 Å². The van der Waals surface area contributed by atoms with E-state index in [-0.39, 0.29) is 0 Å². The predicted molar refractivity (Wildman–Crippen MR) is 97.6 cm³/mol. The molecule has 0 spiro atoms. The Labute approximate surface area is 142 Å². The molecule has 5 heteroatoms. The van der Waals surface area contributed by atoms with Crippen molar-refractivity contribution in [2.75, 3.05) is 23.0 Å². The molecule has 1 unspecified atom stereocenters. The normalized spacial score (nSPS) is 18.8. The molecule has 112 valence electrons. The molecule has 4 rings (SSSR count). The van der Waals surface area contributed by atoms with Gasteiger partial charge in [-0.25, -0.2) is 0 Å². The molecule has 0 saturated carbocycles. The number of thioether (sulfide) groups is 1. The number of H-pyrrole nitrogens is 1. The summed E-state index contributed by atoms with van der Waals surface area (Å²) in [5, 5.41) is 8.36. The van der Waals surface area contributed by atoms with Crippen LogP contribution in [0.4, 0.5) is 5.69 Å². The van der Waals surface area contributed by atoms with E-state index in [1.165, 1.54) is 17.0 Å². The summed E-state index contributed by atoms with van der Waals surface area (Å²) in [6, 6.07) is 15.7. The van der Waals surface area contributed by atoms with E-state index in [9.17, 15) is 0 Å². The molecule has 1 saturated heterocycles. The number of anilines is 1. The van der Waals surface area contributed by atoms with Crippen LogP contribution < -0.4 is 4.90 Å². The maximum absolute atomic E-state index is 4.12. The summed E-state index contributed by atoms with van der Waals surface area (Å²) >= 11 is 5.55. The highest BCUT2D eigenvalue weighted by Gasteiger charge is 2.24. The smallest absolute Gasteiger partial charge is 0.0670 e. The van der Waals surface area contributed by atoms with Gasteiger partial charge in [-0.15, -0.1) is 0 Å². The van der Waals surface area contributed by atoms with Crippen molar-refractivity contribution < 1.29 is 0 Å². The maximum atomic E-state index is 4.12. The lowest BCUT2D eigenvalue weighted by Gasteiger charge is -2.37. The fourth-order valence-electron chi connectivity index (χ4n) is 2.98. The number of halogens is 1. The first-order valence-electron chi connectivity index (χ1n) is 7.34. The Kier molecular flexibility index (Phi) is 3.84. The summed E-state index contributed by atoms with van der Waals surface area (Å²) < 4.78 is 1.13. The maximum Gasteiger partial charge on any atom is 0.0670 e. The molecule has 1 fully saturated rings. The third-order valence-corrected chi connectivity index (χ3v) is 5.69. The molecule has 1 atom stereocenters. The summed E-state index contributed by atoms with van der Waals surface area (Å²) in [5.41, 5.74) is 3.75. The Balaban J connectivity index is 1.71. The van der Waals surface area contributed by atoms with Crippen LogP contribution in [0.5, 0.6) is 0 Å². The van der Waals surface area contributed by atoms with Crippen molar-refractivity contribution in [3.05, 3.63) is 58.7 Å². The summed E-state index contributed by atoms with van der Waals surface area (Å²) in [5.74, 6) is 2.30. The lowest BCUT2D eigenvalue weighted by molar-refractivity contribution is 0.687. The Morgan fingerprint density at radius 1 is 1.18 bits per heavy atom. The van der Waals surface area contributed by atoms with Gasteiger partial charge in [-0.1, -0.05) is 28.1 Å². The first kappa shape index (κ1) is 14.2. The molecular weight excluding hydrogens is 358 g/mol. The van der Waals surface area contributed by atoms with Gasteiger partial charge in [0.2, 0.25) is 0 Å². The third-order valence-electron chi connectivity index (χ3n) is 4.14. The molecule has 3 aromatic rings. The largest absolute Gasteiger partial charge is 0.363 e. The van der Waals surface area contributed by atoms with Gasteiger partial charge in [0, 0.05) is 33.6 Å². The van der Waals surface area contributed by atoms with Crippen molar-refractivity contribution in [3.63, 3.8) is 0 Å². The Hall–Kier alpha value is -1.46. The summed E-state index contributed by atoms with van der Waals surface area (Å²) in [4.78, 5) is 2.51. The third kappa shape index (κ3) is 2.63. The van der Waals surface area contributed by atoms with Crippen molar-refractivity contribution in [2.24, 2.45) is 0 Å². The molecule has 0 radical (unpaired) electrons. The Morgan fingerprint density at radius 2 is 2.05 bits per heavy atom. The number of hydrogen-bond acceptors (Lipinski definition) is 3. The van der Waals surface area contributed by atoms with E-state index in [4.69, 9.17) is 0 Å². The molecule has 2 aromatic carbocycles. The summed E-state index contributed by atoms with van der Waals surface area (Å²) in [6.45, 7) is 1.07. The van der Waals surface area contributed by atoms with Gasteiger partial charge in [0.05, 0.1) is 17.8 Å². The fraction of sp³-hybridized carbons (Fsp3) is 0.235. The quantitative estimate of drug-likeness (QED) is 0.710. The number of benzene rings is 2. The summed E-state index contributed by atoms with van der Waals surface area (Å²) in [7, 11) is 0. The van der Waals surface area contributed by atoms with Crippen molar-refractivity contribution in [1.29, 1.82) is 0 Å². The van der Waals surface area contributed by atoms with Crippen LogP contribution in [0.3, 0.4) is 0 Å². The molecule has 0 bridgehead atoms. The van der Waals surface area contributed by atoms with Gasteiger partial charge in [0.25, 0.3) is 0 Å². The molecule has 3 nitrogen and oxygen atoms in total. The zero-order chi connectivity index (χ0) is 14.9. The van der Waals surface area contributed by atoms with Gasteiger partial charge in [0.15, 0.2) is 0 Å². The standard InChI is InChI=1S/C17H16BrN3S/c18-14-4-1-12(2-5-14)17-11-22-8-7-21(17)15-6-3-13-10-19-20-16(13)9-15/h1-6,9-10,17H,7-8,11H2,(H,19,20). The second-order valence-corrected chi connectivity index (χ2v) is 7.54. The number of nitrogens with zero attached hydrogens (tertiary/aromatic N) is 2. The Bertz CT molecular complexity index is 784. The number of hydrogen-bond donors (Lipinski definition) is 1. The van der Waals surface area contributed by atoms with Crippen LogP contribution in [0.15, 0.2) is 53.1 Å². The van der Waals surface area contributed by atoms with Crippen LogP contribution in [-0.4, -0.2) is 28.2 Å².